The van der Waals surface area contributed by atoms with Crippen molar-refractivity contribution in [3.8, 4) is 11.5 Å². The summed E-state index contributed by atoms with van der Waals surface area (Å²) in [6.45, 7) is 6.30. The van der Waals surface area contributed by atoms with Crippen LogP contribution in [0.2, 0.25) is 0 Å². The van der Waals surface area contributed by atoms with Gasteiger partial charge >= 0.3 is 5.97 Å². The van der Waals surface area contributed by atoms with Gasteiger partial charge in [0.1, 0.15) is 34.8 Å². The Kier molecular flexibility index (Phi) is 9.24. The molecule has 3 atom stereocenters. The van der Waals surface area contributed by atoms with E-state index in [1.165, 1.54) is 18.2 Å². The van der Waals surface area contributed by atoms with Crippen LogP contribution < -0.4 is 15.4 Å². The molecule has 6 rings (SSSR count). The number of H-pyrrole nitrogens is 1. The highest BCUT2D eigenvalue weighted by Gasteiger charge is 2.37. The van der Waals surface area contributed by atoms with Crippen LogP contribution in [0.1, 0.15) is 68.5 Å². The molecule has 0 spiro atoms. The number of aryl methyl sites for hydroxylation is 1. The Balaban J connectivity index is 1.39. The Morgan fingerprint density at radius 3 is 2.74 bits per heavy atom. The molecule has 3 heterocycles. The number of aromatic nitrogens is 1. The zero-order valence-corrected chi connectivity index (χ0v) is 27.4. The van der Waals surface area contributed by atoms with E-state index in [1.807, 2.05) is 44.3 Å². The first-order chi connectivity index (χ1) is 22.4. The maximum absolute atomic E-state index is 15.6. The molecule has 0 amide bonds. The van der Waals surface area contributed by atoms with Crippen LogP contribution in [0.15, 0.2) is 72.7 Å². The summed E-state index contributed by atoms with van der Waals surface area (Å²) in [6, 6.07) is 15.3. The van der Waals surface area contributed by atoms with Crippen LogP contribution in [-0.2, 0) is 38.3 Å². The van der Waals surface area contributed by atoms with E-state index in [0.29, 0.717) is 42.3 Å². The highest BCUT2D eigenvalue weighted by molar-refractivity contribution is 7.90. The molecular weight excluding hydrogens is 624 g/mol. The molecule has 0 saturated carbocycles. The number of benzene rings is 3. The summed E-state index contributed by atoms with van der Waals surface area (Å²) in [5.41, 5.74) is 2.74. The van der Waals surface area contributed by atoms with Crippen molar-refractivity contribution in [2.45, 2.75) is 69.4 Å². The number of fused-ring (bicyclic) bond motifs is 8. The first-order valence-corrected chi connectivity index (χ1v) is 17.2. The second kappa shape index (κ2) is 13.2. The van der Waals surface area contributed by atoms with Crippen LogP contribution in [0, 0.1) is 11.6 Å². The molecule has 0 radical (unpaired) electrons. The first kappa shape index (κ1) is 32.9. The fraction of sp³-hybridized carbons (Fsp3) is 0.361. The zero-order chi connectivity index (χ0) is 33.3. The Hall–Kier alpha value is -4.06. The number of nitrogens with one attached hydrogen (secondary N) is 3. The van der Waals surface area contributed by atoms with E-state index in [4.69, 9.17) is 9.47 Å². The lowest BCUT2D eigenvalue weighted by Gasteiger charge is -2.34. The van der Waals surface area contributed by atoms with E-state index in [2.05, 4.69) is 22.5 Å². The molecule has 0 aliphatic carbocycles. The minimum atomic E-state index is -1.43. The van der Waals surface area contributed by atoms with Crippen molar-refractivity contribution in [2.75, 3.05) is 12.4 Å². The van der Waals surface area contributed by atoms with Crippen molar-refractivity contribution in [3.05, 3.63) is 107 Å². The van der Waals surface area contributed by atoms with E-state index in [-0.39, 0.29) is 35.0 Å². The summed E-state index contributed by atoms with van der Waals surface area (Å²) in [4.78, 5) is 14.3. The number of hydrogen-bond donors (Lipinski definition) is 4. The number of carbonyl (C=O) groups is 1. The zero-order valence-electron chi connectivity index (χ0n) is 26.6. The van der Waals surface area contributed by atoms with Gasteiger partial charge in [-0.25, -0.2) is 8.78 Å². The number of hydrogen-bond acceptors (Lipinski definition) is 6. The average Bonchev–Trinajstić information content (AvgIpc) is 3.71. The van der Waals surface area contributed by atoms with Crippen LogP contribution in [0.4, 0.5) is 8.78 Å². The second-order valence-electron chi connectivity index (χ2n) is 13.1. The third-order valence-electron chi connectivity index (χ3n) is 8.97. The topological polar surface area (TPSA) is 119 Å². The highest BCUT2D eigenvalue weighted by atomic mass is 32.2. The van der Waals surface area contributed by atoms with Crippen molar-refractivity contribution < 1.29 is 32.7 Å². The van der Waals surface area contributed by atoms with Crippen LogP contribution in [0.5, 0.6) is 11.5 Å². The SMILES string of the molecule is CC1(C)C[S+]([O-])Cc2c(c(F)cc3[nH]ccc23)Oc2ccc(F)c(c2)C2NC=C(N2)C(C)(c2cccc(CCC(=O)O)c2)CCCO1. The van der Waals surface area contributed by atoms with Gasteiger partial charge in [-0.2, -0.15) is 0 Å². The molecule has 0 fully saturated rings. The van der Waals surface area contributed by atoms with Gasteiger partial charge in [0.2, 0.25) is 0 Å². The molecule has 4 bridgehead atoms. The predicted molar refractivity (Wildman–Crippen MR) is 178 cm³/mol. The van der Waals surface area contributed by atoms with E-state index >= 15 is 8.78 Å². The maximum atomic E-state index is 15.6. The number of rotatable bonds is 4. The molecule has 2 aliphatic heterocycles. The standard InChI is InChI=1S/C36H39F2N3O5S/c1-35(2)21-47(44)20-27-25-12-14-39-30(25)18-29(38)33(27)46-24-9-10-28(37)26(17-24)34-40-19-31(41-34)36(3,13-5-15-45-35)23-7-4-6-22(16-23)8-11-32(42)43/h4,6-7,9-10,12,14,16-19,34,39-41H,5,8,11,13,15,20-21H2,1-3H3,(H,42,43). The summed E-state index contributed by atoms with van der Waals surface area (Å²) in [5, 5.41) is 16.7. The Morgan fingerprint density at radius 2 is 1.94 bits per heavy atom. The number of allylic oxidation sites excluding steroid dienone is 1. The van der Waals surface area contributed by atoms with E-state index in [1.54, 1.807) is 18.3 Å². The maximum Gasteiger partial charge on any atom is 0.303 e. The van der Waals surface area contributed by atoms with Gasteiger partial charge in [-0.15, -0.1) is 0 Å². The van der Waals surface area contributed by atoms with E-state index < -0.39 is 46.0 Å². The number of aromatic amines is 1. The summed E-state index contributed by atoms with van der Waals surface area (Å²) in [5.74, 6) is -1.51. The fourth-order valence-corrected chi connectivity index (χ4v) is 8.03. The molecule has 248 valence electrons. The molecular formula is C36H39F2N3O5S. The predicted octanol–water partition coefficient (Wildman–Crippen LogP) is 7.08. The van der Waals surface area contributed by atoms with Gasteiger partial charge in [0.15, 0.2) is 11.6 Å². The van der Waals surface area contributed by atoms with Gasteiger partial charge in [0, 0.05) is 59.1 Å². The highest BCUT2D eigenvalue weighted by Crippen LogP contribution is 2.41. The van der Waals surface area contributed by atoms with E-state index in [9.17, 15) is 14.5 Å². The molecule has 4 N–H and O–H groups in total. The monoisotopic (exact) mass is 663 g/mol. The second-order valence-corrected chi connectivity index (χ2v) is 14.5. The largest absolute Gasteiger partial charge is 0.616 e. The molecule has 2 aliphatic rings. The quantitative estimate of drug-likeness (QED) is 0.172. The molecule has 0 saturated heterocycles. The van der Waals surface area contributed by atoms with Crippen molar-refractivity contribution >= 4 is 28.0 Å². The summed E-state index contributed by atoms with van der Waals surface area (Å²) < 4.78 is 57.0. The lowest BCUT2D eigenvalue weighted by atomic mass is 9.75. The Bertz CT molecular complexity index is 1830. The van der Waals surface area contributed by atoms with Crippen molar-refractivity contribution in [1.82, 2.24) is 15.6 Å². The lowest BCUT2D eigenvalue weighted by Crippen LogP contribution is -2.36. The number of ether oxygens (including phenoxy) is 2. The lowest BCUT2D eigenvalue weighted by molar-refractivity contribution is -0.136. The van der Waals surface area contributed by atoms with Gasteiger partial charge in [-0.05, 0) is 86.6 Å². The summed E-state index contributed by atoms with van der Waals surface area (Å²) >= 11 is -1.43. The van der Waals surface area contributed by atoms with Gasteiger partial charge in [0.25, 0.3) is 0 Å². The molecule has 8 nitrogen and oxygen atoms in total. The van der Waals surface area contributed by atoms with Gasteiger partial charge in [0.05, 0.1) is 5.56 Å². The molecule has 47 heavy (non-hydrogen) atoms. The molecule has 4 aromatic rings. The first-order valence-electron chi connectivity index (χ1n) is 15.7. The third kappa shape index (κ3) is 7.12. The minimum Gasteiger partial charge on any atom is -0.616 e. The van der Waals surface area contributed by atoms with Crippen LogP contribution in [0.3, 0.4) is 0 Å². The van der Waals surface area contributed by atoms with Crippen LogP contribution in [-0.4, -0.2) is 38.6 Å². The Labute approximate surface area is 275 Å². The molecule has 1 aromatic heterocycles. The van der Waals surface area contributed by atoms with Crippen LogP contribution >= 0.6 is 0 Å². The number of aliphatic carboxylic acids is 1. The smallest absolute Gasteiger partial charge is 0.303 e. The van der Waals surface area contributed by atoms with E-state index in [0.717, 1.165) is 16.8 Å². The Morgan fingerprint density at radius 1 is 1.11 bits per heavy atom. The summed E-state index contributed by atoms with van der Waals surface area (Å²) in [6.07, 6.45) is 4.65. The summed E-state index contributed by atoms with van der Waals surface area (Å²) in [7, 11) is 0. The fourth-order valence-electron chi connectivity index (χ4n) is 6.46. The normalized spacial score (nSPS) is 23.0. The number of carboxylic acids is 1. The van der Waals surface area contributed by atoms with Crippen LogP contribution in [0.25, 0.3) is 10.9 Å². The average molecular weight is 664 g/mol. The molecule has 3 unspecified atom stereocenters. The van der Waals surface area contributed by atoms with Crippen molar-refractivity contribution in [1.29, 1.82) is 0 Å². The molecule has 11 heteroatoms. The number of halogens is 2. The third-order valence-corrected chi connectivity index (χ3v) is 10.6. The van der Waals surface area contributed by atoms with Gasteiger partial charge < -0.3 is 34.8 Å². The number of carboxylic acid groups (broad SMARTS) is 1. The molecule has 3 aromatic carbocycles. The van der Waals surface area contributed by atoms with Gasteiger partial charge in [-0.3, -0.25) is 4.79 Å². The van der Waals surface area contributed by atoms with Crippen molar-refractivity contribution in [2.24, 2.45) is 0 Å². The van der Waals surface area contributed by atoms with Crippen molar-refractivity contribution in [3.63, 3.8) is 0 Å². The van der Waals surface area contributed by atoms with Gasteiger partial charge in [-0.1, -0.05) is 24.3 Å². The minimum absolute atomic E-state index is 0.0250.